The summed E-state index contributed by atoms with van der Waals surface area (Å²) in [5, 5.41) is 11.1. The lowest BCUT2D eigenvalue weighted by molar-refractivity contribution is 0.920. The standard InChI is InChI=1S/C13H12N6/c1-19-9-16-18-12(19)10-3-5-11(6-4-10)17-13-14-7-2-8-15-13/h2-9H,1H3,(H,14,15,17). The Bertz CT molecular complexity index is 659. The average molecular weight is 252 g/mol. The van der Waals surface area contributed by atoms with Gasteiger partial charge in [-0.2, -0.15) is 0 Å². The van der Waals surface area contributed by atoms with Gasteiger partial charge in [0, 0.05) is 30.7 Å². The second-order valence-electron chi connectivity index (χ2n) is 4.04. The normalized spacial score (nSPS) is 10.4. The van der Waals surface area contributed by atoms with E-state index in [-0.39, 0.29) is 0 Å². The number of hydrogen-bond acceptors (Lipinski definition) is 5. The Morgan fingerprint density at radius 1 is 1.05 bits per heavy atom. The Morgan fingerprint density at radius 3 is 2.42 bits per heavy atom. The predicted molar refractivity (Wildman–Crippen MR) is 71.8 cm³/mol. The van der Waals surface area contributed by atoms with Crippen molar-refractivity contribution in [2.24, 2.45) is 7.05 Å². The van der Waals surface area contributed by atoms with Crippen molar-refractivity contribution in [3.63, 3.8) is 0 Å². The van der Waals surface area contributed by atoms with Crippen LogP contribution < -0.4 is 5.32 Å². The molecule has 0 saturated carbocycles. The van der Waals surface area contributed by atoms with Crippen LogP contribution in [0.2, 0.25) is 0 Å². The number of aromatic nitrogens is 5. The average Bonchev–Trinajstić information content (AvgIpc) is 2.87. The molecule has 1 N–H and O–H groups in total. The zero-order chi connectivity index (χ0) is 13.1. The van der Waals surface area contributed by atoms with Gasteiger partial charge in [-0.05, 0) is 30.3 Å². The molecule has 3 rings (SSSR count). The van der Waals surface area contributed by atoms with Gasteiger partial charge in [0.25, 0.3) is 0 Å². The molecule has 0 atom stereocenters. The van der Waals surface area contributed by atoms with Gasteiger partial charge >= 0.3 is 0 Å². The molecule has 19 heavy (non-hydrogen) atoms. The number of nitrogens with zero attached hydrogens (tertiary/aromatic N) is 5. The topological polar surface area (TPSA) is 68.5 Å². The van der Waals surface area contributed by atoms with Crippen LogP contribution in [0.3, 0.4) is 0 Å². The first-order valence-electron chi connectivity index (χ1n) is 5.81. The molecule has 6 nitrogen and oxygen atoms in total. The van der Waals surface area contributed by atoms with Crippen LogP contribution in [0.4, 0.5) is 11.6 Å². The number of hydrogen-bond donors (Lipinski definition) is 1. The van der Waals surface area contributed by atoms with Crippen molar-refractivity contribution in [1.29, 1.82) is 0 Å². The van der Waals surface area contributed by atoms with E-state index in [0.717, 1.165) is 17.1 Å². The van der Waals surface area contributed by atoms with Gasteiger partial charge in [0.2, 0.25) is 5.95 Å². The fourth-order valence-corrected chi connectivity index (χ4v) is 1.74. The Labute approximate surface area is 110 Å². The van der Waals surface area contributed by atoms with E-state index in [1.807, 2.05) is 35.9 Å². The molecule has 0 amide bonds. The Morgan fingerprint density at radius 2 is 1.79 bits per heavy atom. The van der Waals surface area contributed by atoms with Gasteiger partial charge in [-0.1, -0.05) is 0 Å². The predicted octanol–water partition coefficient (Wildman–Crippen LogP) is 2.02. The maximum Gasteiger partial charge on any atom is 0.227 e. The summed E-state index contributed by atoms with van der Waals surface area (Å²) >= 11 is 0. The van der Waals surface area contributed by atoms with Crippen molar-refractivity contribution in [3.05, 3.63) is 49.1 Å². The summed E-state index contributed by atoms with van der Waals surface area (Å²) in [7, 11) is 1.92. The van der Waals surface area contributed by atoms with E-state index < -0.39 is 0 Å². The highest BCUT2D eigenvalue weighted by Gasteiger charge is 2.04. The van der Waals surface area contributed by atoms with Gasteiger partial charge in [0.1, 0.15) is 6.33 Å². The molecule has 0 saturated heterocycles. The zero-order valence-corrected chi connectivity index (χ0v) is 10.4. The first-order valence-corrected chi connectivity index (χ1v) is 5.81. The minimum absolute atomic E-state index is 0.578. The van der Waals surface area contributed by atoms with Crippen LogP contribution in [0, 0.1) is 0 Å². The molecule has 0 fully saturated rings. The molecule has 6 heteroatoms. The third-order valence-electron chi connectivity index (χ3n) is 2.68. The summed E-state index contributed by atoms with van der Waals surface area (Å²) in [5.74, 6) is 1.41. The smallest absolute Gasteiger partial charge is 0.227 e. The Balaban J connectivity index is 1.82. The minimum Gasteiger partial charge on any atom is -0.324 e. The van der Waals surface area contributed by atoms with E-state index in [2.05, 4.69) is 25.5 Å². The SMILES string of the molecule is Cn1cnnc1-c1ccc(Nc2ncccn2)cc1. The molecule has 2 heterocycles. The van der Waals surface area contributed by atoms with Gasteiger partial charge in [0.05, 0.1) is 0 Å². The van der Waals surface area contributed by atoms with E-state index in [1.165, 1.54) is 0 Å². The number of nitrogens with one attached hydrogen (secondary N) is 1. The molecular weight excluding hydrogens is 240 g/mol. The van der Waals surface area contributed by atoms with Crippen molar-refractivity contribution < 1.29 is 0 Å². The molecule has 2 aromatic heterocycles. The quantitative estimate of drug-likeness (QED) is 0.772. The van der Waals surface area contributed by atoms with Crippen molar-refractivity contribution in [3.8, 4) is 11.4 Å². The molecular formula is C13H12N6. The van der Waals surface area contributed by atoms with Crippen molar-refractivity contribution in [2.75, 3.05) is 5.32 Å². The van der Waals surface area contributed by atoms with Crippen LogP contribution in [0.5, 0.6) is 0 Å². The molecule has 0 radical (unpaired) electrons. The molecule has 0 bridgehead atoms. The summed E-state index contributed by atoms with van der Waals surface area (Å²) < 4.78 is 1.88. The molecule has 3 aromatic rings. The highest BCUT2D eigenvalue weighted by atomic mass is 15.2. The first kappa shape index (κ1) is 11.3. The van der Waals surface area contributed by atoms with Crippen LogP contribution in [-0.4, -0.2) is 24.7 Å². The highest BCUT2D eigenvalue weighted by molar-refractivity contribution is 5.62. The lowest BCUT2D eigenvalue weighted by atomic mass is 10.2. The summed E-state index contributed by atoms with van der Waals surface area (Å²) in [4.78, 5) is 8.22. The summed E-state index contributed by atoms with van der Waals surface area (Å²) in [6.07, 6.45) is 5.08. The zero-order valence-electron chi connectivity index (χ0n) is 10.4. The van der Waals surface area contributed by atoms with E-state index >= 15 is 0 Å². The highest BCUT2D eigenvalue weighted by Crippen LogP contribution is 2.19. The van der Waals surface area contributed by atoms with E-state index in [1.54, 1.807) is 24.8 Å². The molecule has 0 unspecified atom stereocenters. The lowest BCUT2D eigenvalue weighted by Gasteiger charge is -2.05. The lowest BCUT2D eigenvalue weighted by Crippen LogP contribution is -1.96. The second kappa shape index (κ2) is 4.85. The van der Waals surface area contributed by atoms with E-state index in [4.69, 9.17) is 0 Å². The fraction of sp³-hybridized carbons (Fsp3) is 0.0769. The van der Waals surface area contributed by atoms with Crippen LogP contribution in [0.1, 0.15) is 0 Å². The number of benzene rings is 1. The largest absolute Gasteiger partial charge is 0.324 e. The van der Waals surface area contributed by atoms with Crippen molar-refractivity contribution in [2.45, 2.75) is 0 Å². The fourth-order valence-electron chi connectivity index (χ4n) is 1.74. The van der Waals surface area contributed by atoms with E-state index in [0.29, 0.717) is 5.95 Å². The number of anilines is 2. The number of rotatable bonds is 3. The molecule has 1 aromatic carbocycles. The second-order valence-corrected chi connectivity index (χ2v) is 4.04. The van der Waals surface area contributed by atoms with Crippen LogP contribution in [0.15, 0.2) is 49.1 Å². The van der Waals surface area contributed by atoms with Gasteiger partial charge in [-0.15, -0.1) is 10.2 Å². The maximum absolute atomic E-state index is 4.11. The monoisotopic (exact) mass is 252 g/mol. The van der Waals surface area contributed by atoms with Crippen molar-refractivity contribution >= 4 is 11.6 Å². The van der Waals surface area contributed by atoms with E-state index in [9.17, 15) is 0 Å². The van der Waals surface area contributed by atoms with Crippen LogP contribution >= 0.6 is 0 Å². The molecule has 0 aliphatic heterocycles. The van der Waals surface area contributed by atoms with Gasteiger partial charge in [0.15, 0.2) is 5.82 Å². The third-order valence-corrected chi connectivity index (χ3v) is 2.68. The summed E-state index contributed by atoms with van der Waals surface area (Å²) in [5.41, 5.74) is 1.94. The van der Waals surface area contributed by atoms with Gasteiger partial charge < -0.3 is 9.88 Å². The number of aryl methyl sites for hydroxylation is 1. The molecule has 0 aliphatic rings. The van der Waals surface area contributed by atoms with Crippen LogP contribution in [-0.2, 0) is 7.05 Å². The third kappa shape index (κ3) is 2.42. The molecule has 0 aliphatic carbocycles. The molecule has 94 valence electrons. The van der Waals surface area contributed by atoms with Crippen molar-refractivity contribution in [1.82, 2.24) is 24.7 Å². The van der Waals surface area contributed by atoms with Gasteiger partial charge in [-0.25, -0.2) is 9.97 Å². The summed E-state index contributed by atoms with van der Waals surface area (Å²) in [6.45, 7) is 0. The molecule has 0 spiro atoms. The Hall–Kier alpha value is -2.76. The van der Waals surface area contributed by atoms with Gasteiger partial charge in [-0.3, -0.25) is 0 Å². The maximum atomic E-state index is 4.11. The first-order chi connectivity index (χ1) is 9.33. The Kier molecular flexibility index (Phi) is 2.89. The minimum atomic E-state index is 0.578. The van der Waals surface area contributed by atoms with Crippen LogP contribution in [0.25, 0.3) is 11.4 Å². The summed E-state index contributed by atoms with van der Waals surface area (Å²) in [6, 6.07) is 9.66.